The average Bonchev–Trinajstić information content (AvgIpc) is 2.63. The Morgan fingerprint density at radius 1 is 1.18 bits per heavy atom. The molecule has 1 fully saturated rings. The van der Waals surface area contributed by atoms with Crippen molar-refractivity contribution in [1.29, 1.82) is 0 Å². The molecule has 2 heterocycles. The predicted molar refractivity (Wildman–Crippen MR) is 99.5 cm³/mol. The van der Waals surface area contributed by atoms with Gasteiger partial charge in [0.25, 0.3) is 15.9 Å². The maximum atomic E-state index is 12.7. The lowest BCUT2D eigenvalue weighted by molar-refractivity contribution is -0.294. The van der Waals surface area contributed by atoms with Gasteiger partial charge < -0.3 is 20.5 Å². The van der Waals surface area contributed by atoms with Crippen molar-refractivity contribution in [3.05, 3.63) is 42.2 Å². The number of pyridine rings is 1. The van der Waals surface area contributed by atoms with Gasteiger partial charge in [0.15, 0.2) is 11.3 Å². The van der Waals surface area contributed by atoms with Gasteiger partial charge in [0.05, 0.1) is 30.7 Å². The Kier molecular flexibility index (Phi) is 5.87. The summed E-state index contributed by atoms with van der Waals surface area (Å²) in [5, 5.41) is 9.43. The number of likely N-dealkylation sites (tertiary alicyclic amines) is 1. The second-order valence-electron chi connectivity index (χ2n) is 6.95. The Morgan fingerprint density at radius 2 is 1.79 bits per heavy atom. The molecule has 0 bridgehead atoms. The summed E-state index contributed by atoms with van der Waals surface area (Å²) < 4.78 is 106. The molecule has 1 aliphatic rings. The van der Waals surface area contributed by atoms with Crippen LogP contribution in [0.1, 0.15) is 10.5 Å². The molecule has 1 aliphatic heterocycles. The fraction of sp³-hybridized carbons (Fsp3) is 0.294. The molecule has 1 amide bonds. The van der Waals surface area contributed by atoms with Crippen LogP contribution in [0.5, 0.6) is 5.75 Å². The number of aliphatic hydroxyl groups is 1. The molecule has 9 nitrogen and oxygen atoms in total. The minimum absolute atomic E-state index is 0.346. The Bertz CT molecular complexity index is 1180. The van der Waals surface area contributed by atoms with E-state index in [1.807, 2.05) is 4.72 Å². The maximum Gasteiger partial charge on any atom is 0.573 e. The summed E-state index contributed by atoms with van der Waals surface area (Å²) in [5.41, 5.74) is 1.32. The van der Waals surface area contributed by atoms with Gasteiger partial charge in [-0.05, 0) is 18.2 Å². The van der Waals surface area contributed by atoms with E-state index >= 15 is 0 Å². The van der Waals surface area contributed by atoms with Crippen molar-refractivity contribution in [3.8, 4) is 5.75 Å². The molecule has 0 radical (unpaired) electrons. The molecule has 1 aromatic carbocycles. The second-order valence-corrected chi connectivity index (χ2v) is 8.60. The predicted octanol–water partition coefficient (Wildman–Crippen LogP) is 2.11. The number of alkyl halides is 6. The zero-order chi connectivity index (χ0) is 24.8. The van der Waals surface area contributed by atoms with Crippen molar-refractivity contribution in [2.45, 2.75) is 23.0 Å². The van der Waals surface area contributed by atoms with Crippen LogP contribution in [0.2, 0.25) is 0 Å². The molecule has 0 atom stereocenters. The van der Waals surface area contributed by atoms with Crippen molar-refractivity contribution < 1.29 is 49.4 Å². The lowest BCUT2D eigenvalue weighted by Crippen LogP contribution is -2.70. The average molecular weight is 500 g/mol. The van der Waals surface area contributed by atoms with E-state index in [1.54, 1.807) is 0 Å². The van der Waals surface area contributed by atoms with Crippen molar-refractivity contribution in [3.63, 3.8) is 0 Å². The Morgan fingerprint density at radius 3 is 2.33 bits per heavy atom. The van der Waals surface area contributed by atoms with Crippen LogP contribution >= 0.6 is 0 Å². The number of para-hydroxylation sites is 1. The van der Waals surface area contributed by atoms with Gasteiger partial charge in [-0.3, -0.25) is 9.52 Å². The molecule has 0 spiro atoms. The minimum atomic E-state index is -5.16. The molecule has 0 aliphatic carbocycles. The van der Waals surface area contributed by atoms with Gasteiger partial charge in [0.2, 0.25) is 0 Å². The van der Waals surface area contributed by atoms with E-state index in [4.69, 9.17) is 5.73 Å². The molecular formula is C17H14F6N4O5S. The van der Waals surface area contributed by atoms with Crippen LogP contribution in [0.15, 0.2) is 41.4 Å². The zero-order valence-corrected chi connectivity index (χ0v) is 16.9. The van der Waals surface area contributed by atoms with Crippen LogP contribution in [0.3, 0.4) is 0 Å². The molecule has 180 valence electrons. The molecule has 1 aromatic heterocycles. The van der Waals surface area contributed by atoms with Crippen LogP contribution in [0, 0.1) is 0 Å². The normalized spacial score (nSPS) is 16.2. The molecule has 3 rings (SSSR count). The topological polar surface area (TPSA) is 135 Å². The fourth-order valence-electron chi connectivity index (χ4n) is 2.87. The maximum absolute atomic E-state index is 12.7. The highest BCUT2D eigenvalue weighted by atomic mass is 32.2. The van der Waals surface area contributed by atoms with Gasteiger partial charge >= 0.3 is 12.5 Å². The number of ether oxygens (including phenoxy) is 1. The van der Waals surface area contributed by atoms with Crippen molar-refractivity contribution in [2.24, 2.45) is 0 Å². The highest BCUT2D eigenvalue weighted by Crippen LogP contribution is 2.38. The summed E-state index contributed by atoms with van der Waals surface area (Å²) in [6.45, 7) is -2.08. The standard InChI is InChI=1S/C17H14F6N4O5S/c18-16(19,20)15(29)7-27(8-15)14(28)13-10(24)5-9(6-25-13)26-33(30,31)12-4-2-1-3-11(12)32-17(21,22)23/h1-6,26,29H,7-8,24H2. The number of amides is 1. The molecule has 0 unspecified atom stereocenters. The Hall–Kier alpha value is -3.27. The number of carbonyl (C=O) groups excluding carboxylic acids is 1. The van der Waals surface area contributed by atoms with Gasteiger partial charge in [-0.25, -0.2) is 13.4 Å². The minimum Gasteiger partial charge on any atom is -0.404 e. The van der Waals surface area contributed by atoms with E-state index in [1.165, 1.54) is 0 Å². The molecule has 16 heteroatoms. The van der Waals surface area contributed by atoms with Crippen LogP contribution in [-0.4, -0.2) is 60.5 Å². The largest absolute Gasteiger partial charge is 0.573 e. The lowest BCUT2D eigenvalue weighted by atomic mass is 9.93. The summed E-state index contributed by atoms with van der Waals surface area (Å²) in [7, 11) is -4.63. The third kappa shape index (κ3) is 5.05. The SMILES string of the molecule is Nc1cc(NS(=O)(=O)c2ccccc2OC(F)(F)F)cnc1C(=O)N1CC(O)(C(F)(F)F)C1. The number of nitrogen functional groups attached to an aromatic ring is 1. The van der Waals surface area contributed by atoms with Gasteiger partial charge in [-0.1, -0.05) is 12.1 Å². The monoisotopic (exact) mass is 500 g/mol. The van der Waals surface area contributed by atoms with Crippen LogP contribution in [0.4, 0.5) is 37.7 Å². The van der Waals surface area contributed by atoms with Gasteiger partial charge in [0.1, 0.15) is 10.6 Å². The van der Waals surface area contributed by atoms with E-state index in [0.717, 1.165) is 36.5 Å². The van der Waals surface area contributed by atoms with E-state index in [0.29, 0.717) is 4.90 Å². The number of nitrogens with two attached hydrogens (primary N) is 1. The number of β-amino-alcohol motifs (C(OH)–C–C–N with tert-alkyl or cyclic N) is 1. The number of carbonyl (C=O) groups is 1. The first-order chi connectivity index (χ1) is 15.0. The molecular weight excluding hydrogens is 486 g/mol. The smallest absolute Gasteiger partial charge is 0.404 e. The zero-order valence-electron chi connectivity index (χ0n) is 16.1. The summed E-state index contributed by atoms with van der Waals surface area (Å²) in [5.74, 6) is -2.04. The number of aromatic nitrogens is 1. The van der Waals surface area contributed by atoms with Crippen molar-refractivity contribution in [2.75, 3.05) is 23.5 Å². The molecule has 4 N–H and O–H groups in total. The third-order valence-corrected chi connectivity index (χ3v) is 5.88. The van der Waals surface area contributed by atoms with Crippen molar-refractivity contribution in [1.82, 2.24) is 9.88 Å². The summed E-state index contributed by atoms with van der Waals surface area (Å²) in [4.78, 5) is 15.7. The van der Waals surface area contributed by atoms with E-state index in [2.05, 4.69) is 9.72 Å². The number of benzene rings is 1. The van der Waals surface area contributed by atoms with Gasteiger partial charge in [0, 0.05) is 0 Å². The first-order valence-electron chi connectivity index (χ1n) is 8.74. The summed E-state index contributed by atoms with van der Waals surface area (Å²) in [6.07, 6.45) is -9.31. The number of nitrogens with one attached hydrogen (secondary N) is 1. The highest BCUT2D eigenvalue weighted by molar-refractivity contribution is 7.92. The van der Waals surface area contributed by atoms with Gasteiger partial charge in [-0.15, -0.1) is 13.2 Å². The number of anilines is 2. The van der Waals surface area contributed by atoms with Crippen molar-refractivity contribution >= 4 is 27.3 Å². The first kappa shape index (κ1) is 24.4. The lowest BCUT2D eigenvalue weighted by Gasteiger charge is -2.46. The Balaban J connectivity index is 1.78. The quantitative estimate of drug-likeness (QED) is 0.536. The first-order valence-corrected chi connectivity index (χ1v) is 10.2. The van der Waals surface area contributed by atoms with Crippen LogP contribution < -0.4 is 15.2 Å². The Labute approximate surface area is 181 Å². The number of halogens is 6. The second kappa shape index (κ2) is 7.95. The molecule has 2 aromatic rings. The van der Waals surface area contributed by atoms with E-state index < -0.39 is 69.2 Å². The van der Waals surface area contributed by atoms with E-state index in [-0.39, 0.29) is 5.69 Å². The number of hydrogen-bond donors (Lipinski definition) is 3. The molecule has 1 saturated heterocycles. The number of hydrogen-bond acceptors (Lipinski definition) is 7. The van der Waals surface area contributed by atoms with Gasteiger partial charge in [-0.2, -0.15) is 13.2 Å². The molecule has 33 heavy (non-hydrogen) atoms. The van der Waals surface area contributed by atoms with Crippen LogP contribution in [-0.2, 0) is 10.0 Å². The van der Waals surface area contributed by atoms with Crippen LogP contribution in [0.25, 0.3) is 0 Å². The number of nitrogens with zero attached hydrogens (tertiary/aromatic N) is 2. The number of sulfonamides is 1. The summed E-state index contributed by atoms with van der Waals surface area (Å²) >= 11 is 0. The van der Waals surface area contributed by atoms with E-state index in [9.17, 15) is 44.7 Å². The highest BCUT2D eigenvalue weighted by Gasteiger charge is 2.62. The third-order valence-electron chi connectivity index (χ3n) is 4.46. The number of rotatable bonds is 5. The fourth-order valence-corrected chi connectivity index (χ4v) is 4.03. The summed E-state index contributed by atoms with van der Waals surface area (Å²) in [6, 6.07) is 4.81. The molecule has 0 saturated carbocycles.